The number of carbonyl (C=O) groups is 1. The molecular formula is C26H28N7O14PS. The number of aliphatic hydroxyl groups excluding tert-OH is 5. The van der Waals surface area contributed by atoms with Crippen molar-refractivity contribution in [2.75, 3.05) is 11.9 Å². The second-order valence-corrected chi connectivity index (χ2v) is 13.5. The Morgan fingerprint density at radius 1 is 1.08 bits per heavy atom. The predicted molar refractivity (Wildman–Crippen MR) is 164 cm³/mol. The summed E-state index contributed by atoms with van der Waals surface area (Å²) in [7, 11) is 0. The summed E-state index contributed by atoms with van der Waals surface area (Å²) in [6, 6.07) is 9.17. The maximum absolute atomic E-state index is 12.7. The number of aliphatic hydroxyl groups is 6. The summed E-state index contributed by atoms with van der Waals surface area (Å²) in [6.45, 7) is -5.87. The van der Waals surface area contributed by atoms with Gasteiger partial charge in [0.05, 0.1) is 12.9 Å². The SMILES string of the molecule is O=C(Nc1ncnc2c1ncn2[C@@H]1O[C@H](CO)[C@@](O)(OP(O)(=S)O[C@H](O)[C@H]2O[C@@H](n3ccc(=O)[nH]c3=O)[C@H](O)[C@@H]2O)[C@H]1O)c1ccccc1. The van der Waals surface area contributed by atoms with E-state index in [2.05, 4.69) is 20.3 Å². The largest absolute Gasteiger partial charge is 0.393 e. The molecule has 2 saturated heterocycles. The van der Waals surface area contributed by atoms with Crippen LogP contribution in [0.2, 0.25) is 0 Å². The van der Waals surface area contributed by atoms with E-state index in [9.17, 15) is 49.9 Å². The Hall–Kier alpha value is -3.87. The molecule has 3 aromatic heterocycles. The normalized spacial score (nSPS) is 30.3. The van der Waals surface area contributed by atoms with Crippen molar-refractivity contribution < 1.29 is 58.8 Å². The lowest BCUT2D eigenvalue weighted by Crippen LogP contribution is -2.51. The number of aromatic nitrogens is 6. The standard InChI is InChI=1S/C26H28N7O14PS/c34-8-12-26(42,47-48(43,49)46-24(40)17-15(36)16(37)22(45-17)32-7-6-13(35)30-25(32)41)18(38)23(44-12)33-10-29-14-19(27-9-28-20(14)33)31-21(39)11-4-2-1-3-5-11/h1-7,9-10,12,15-18,22-24,34,36-38,40,42H,8H2,(H,43,49)(H,30,35,41)(H,27,28,31,39)/t12-,15+,16-,17+,18+,22-,23-,24+,26-,48?/m1/s1. The first-order chi connectivity index (χ1) is 23.2. The van der Waals surface area contributed by atoms with Crippen molar-refractivity contribution in [1.82, 2.24) is 29.1 Å². The topological polar surface area (TPSA) is 306 Å². The molecule has 0 radical (unpaired) electrons. The van der Waals surface area contributed by atoms with Crippen molar-refractivity contribution in [3.8, 4) is 0 Å². The van der Waals surface area contributed by atoms with Crippen LogP contribution in [0.3, 0.4) is 0 Å². The molecule has 1 unspecified atom stereocenters. The second kappa shape index (κ2) is 13.4. The van der Waals surface area contributed by atoms with Gasteiger partial charge < -0.3 is 50.3 Å². The number of rotatable bonds is 10. The predicted octanol–water partition coefficient (Wildman–Crippen LogP) is -3.24. The number of ether oxygens (including phenoxy) is 2. The van der Waals surface area contributed by atoms with Crippen LogP contribution in [0.25, 0.3) is 11.2 Å². The highest BCUT2D eigenvalue weighted by molar-refractivity contribution is 8.07. The fraction of sp³-hybridized carbons (Fsp3) is 0.385. The Morgan fingerprint density at radius 3 is 2.51 bits per heavy atom. The van der Waals surface area contributed by atoms with Crippen molar-refractivity contribution in [1.29, 1.82) is 0 Å². The molecule has 5 heterocycles. The van der Waals surface area contributed by atoms with Crippen LogP contribution in [0.5, 0.6) is 0 Å². The summed E-state index contributed by atoms with van der Waals surface area (Å²) in [5, 5.41) is 66.8. The van der Waals surface area contributed by atoms with Crippen LogP contribution in [0.1, 0.15) is 22.8 Å². The van der Waals surface area contributed by atoms with Gasteiger partial charge in [-0.15, -0.1) is 0 Å². The van der Waals surface area contributed by atoms with Gasteiger partial charge in [0.25, 0.3) is 11.5 Å². The Bertz CT molecular complexity index is 2010. The maximum atomic E-state index is 12.7. The highest BCUT2D eigenvalue weighted by atomic mass is 32.5. The Morgan fingerprint density at radius 2 is 1.82 bits per heavy atom. The highest BCUT2D eigenvalue weighted by Crippen LogP contribution is 2.54. The number of carbonyl (C=O) groups excluding carboxylic acids is 1. The highest BCUT2D eigenvalue weighted by Gasteiger charge is 2.60. The molecule has 2 aliphatic rings. The fourth-order valence-corrected chi connectivity index (χ4v) is 6.97. The molecule has 0 saturated carbocycles. The molecule has 10 atom stereocenters. The third kappa shape index (κ3) is 6.58. The second-order valence-electron chi connectivity index (χ2n) is 10.8. The molecule has 2 aliphatic heterocycles. The van der Waals surface area contributed by atoms with E-state index < -0.39 is 85.5 Å². The van der Waals surface area contributed by atoms with Crippen LogP contribution in [0.4, 0.5) is 5.82 Å². The molecule has 21 nitrogen and oxygen atoms in total. The quantitative estimate of drug-likeness (QED) is 0.0573. The van der Waals surface area contributed by atoms with E-state index in [0.29, 0.717) is 5.56 Å². The monoisotopic (exact) mass is 725 g/mol. The first-order valence-electron chi connectivity index (χ1n) is 14.2. The molecule has 0 bridgehead atoms. The van der Waals surface area contributed by atoms with Crippen molar-refractivity contribution in [3.05, 3.63) is 81.7 Å². The van der Waals surface area contributed by atoms with Gasteiger partial charge in [-0.1, -0.05) is 18.2 Å². The summed E-state index contributed by atoms with van der Waals surface area (Å²) in [5.41, 5.74) is -1.38. The van der Waals surface area contributed by atoms with Crippen LogP contribution in [-0.2, 0) is 30.3 Å². The van der Waals surface area contributed by atoms with Gasteiger partial charge in [0.1, 0.15) is 30.7 Å². The Balaban J connectivity index is 1.19. The molecule has 2 fully saturated rings. The van der Waals surface area contributed by atoms with E-state index >= 15 is 0 Å². The van der Waals surface area contributed by atoms with E-state index in [0.717, 1.165) is 34.1 Å². The minimum absolute atomic E-state index is 0.000495. The van der Waals surface area contributed by atoms with Gasteiger partial charge in [-0.05, 0) is 23.9 Å². The first kappa shape index (κ1) is 35.0. The zero-order valence-electron chi connectivity index (χ0n) is 24.6. The van der Waals surface area contributed by atoms with E-state index in [1.54, 1.807) is 30.3 Å². The molecule has 0 spiro atoms. The molecule has 9 N–H and O–H groups in total. The van der Waals surface area contributed by atoms with Crippen LogP contribution >= 0.6 is 6.72 Å². The van der Waals surface area contributed by atoms with E-state index in [1.165, 1.54) is 0 Å². The van der Waals surface area contributed by atoms with Gasteiger partial charge in [-0.2, -0.15) is 0 Å². The van der Waals surface area contributed by atoms with Gasteiger partial charge in [-0.25, -0.2) is 19.7 Å². The third-order valence-corrected chi connectivity index (χ3v) is 9.20. The summed E-state index contributed by atoms with van der Waals surface area (Å²) >= 11 is 4.94. The molecule has 4 aromatic rings. The Labute approximate surface area is 277 Å². The molecule has 1 aromatic carbocycles. The number of hydrogen-bond donors (Lipinski definition) is 9. The number of benzene rings is 1. The summed E-state index contributed by atoms with van der Waals surface area (Å²) in [5.74, 6) is -3.51. The van der Waals surface area contributed by atoms with Crippen molar-refractivity contribution in [3.63, 3.8) is 0 Å². The van der Waals surface area contributed by atoms with Crippen molar-refractivity contribution >= 4 is 41.4 Å². The van der Waals surface area contributed by atoms with Crippen LogP contribution in [0.15, 0.2) is 64.8 Å². The van der Waals surface area contributed by atoms with Gasteiger partial charge in [-0.3, -0.25) is 32.8 Å². The molecule has 262 valence electrons. The molecule has 23 heteroatoms. The van der Waals surface area contributed by atoms with E-state index in [1.807, 2.05) is 4.98 Å². The summed E-state index contributed by atoms with van der Waals surface area (Å²) in [6.07, 6.45) is -12.0. The van der Waals surface area contributed by atoms with Crippen LogP contribution in [-0.4, -0.2) is 120 Å². The van der Waals surface area contributed by atoms with Crippen molar-refractivity contribution in [2.45, 2.75) is 55.1 Å². The average molecular weight is 726 g/mol. The van der Waals surface area contributed by atoms with Gasteiger partial charge in [0.15, 0.2) is 41.8 Å². The first-order valence-corrected chi connectivity index (χ1v) is 16.8. The lowest BCUT2D eigenvalue weighted by Gasteiger charge is -2.34. The minimum Gasteiger partial charge on any atom is -0.393 e. The average Bonchev–Trinajstić information content (AvgIpc) is 3.69. The molecular weight excluding hydrogens is 697 g/mol. The van der Waals surface area contributed by atoms with E-state index in [4.69, 9.17) is 30.3 Å². The minimum atomic E-state index is -4.87. The third-order valence-electron chi connectivity index (χ3n) is 7.71. The number of fused-ring (bicyclic) bond motifs is 1. The lowest BCUT2D eigenvalue weighted by atomic mass is 10.1. The summed E-state index contributed by atoms with van der Waals surface area (Å²) in [4.78, 5) is 61.4. The van der Waals surface area contributed by atoms with Gasteiger partial charge in [0, 0.05) is 17.8 Å². The zero-order valence-corrected chi connectivity index (χ0v) is 26.3. The van der Waals surface area contributed by atoms with Crippen molar-refractivity contribution in [2.24, 2.45) is 0 Å². The van der Waals surface area contributed by atoms with E-state index in [-0.39, 0.29) is 17.0 Å². The number of aromatic amines is 1. The lowest BCUT2D eigenvalue weighted by molar-refractivity contribution is -0.229. The number of anilines is 1. The summed E-state index contributed by atoms with van der Waals surface area (Å²) < 4.78 is 23.1. The number of H-pyrrole nitrogens is 1. The number of amides is 1. The number of imidazole rings is 1. The Kier molecular flexibility index (Phi) is 9.60. The smallest absolute Gasteiger partial charge is 0.330 e. The molecule has 0 aliphatic carbocycles. The number of nitrogens with zero attached hydrogens (tertiary/aromatic N) is 5. The van der Waals surface area contributed by atoms with Gasteiger partial charge in [0.2, 0.25) is 5.79 Å². The van der Waals surface area contributed by atoms with Crippen LogP contribution < -0.4 is 16.6 Å². The zero-order chi connectivity index (χ0) is 35.2. The number of nitrogens with one attached hydrogen (secondary N) is 2. The van der Waals surface area contributed by atoms with Crippen LogP contribution in [0, 0.1) is 0 Å². The van der Waals surface area contributed by atoms with Gasteiger partial charge >= 0.3 is 12.4 Å². The molecule has 49 heavy (non-hydrogen) atoms. The molecule has 1 amide bonds. The molecule has 6 rings (SSSR count). The maximum Gasteiger partial charge on any atom is 0.330 e. The fourth-order valence-electron chi connectivity index (χ4n) is 5.32. The number of hydrogen-bond acceptors (Lipinski definition) is 17.